The Hall–Kier alpha value is -2.25. The number of anilines is 1. The van der Waals surface area contributed by atoms with Gasteiger partial charge in [0.1, 0.15) is 17.1 Å². The van der Waals surface area contributed by atoms with Crippen LogP contribution in [0.3, 0.4) is 0 Å². The second kappa shape index (κ2) is 10.5. The molecule has 156 valence electrons. The highest BCUT2D eigenvalue weighted by Gasteiger charge is 2.18. The standard InChI is InChI=1S/C21H23BrClNO5/c1-5-28-21(26)15-9-16(23)17(10-19(15)27-4)24-20(25)11-29-18-7-6-13(22)8-14(18)12(2)3/h6-10,12H,5,11H2,1-4H3,(H,24,25). The maximum absolute atomic E-state index is 12.4. The number of esters is 1. The first kappa shape index (κ1) is 23.0. The molecule has 0 fully saturated rings. The molecule has 8 heteroatoms. The van der Waals surface area contributed by atoms with Crippen molar-refractivity contribution in [1.29, 1.82) is 0 Å². The lowest BCUT2D eigenvalue weighted by Gasteiger charge is -2.15. The summed E-state index contributed by atoms with van der Waals surface area (Å²) in [5.41, 5.74) is 1.49. The second-order valence-corrected chi connectivity index (χ2v) is 7.75. The Morgan fingerprint density at radius 1 is 1.17 bits per heavy atom. The molecule has 0 heterocycles. The van der Waals surface area contributed by atoms with Crippen LogP contribution in [0.15, 0.2) is 34.8 Å². The van der Waals surface area contributed by atoms with Crippen LogP contribution in [-0.4, -0.2) is 32.2 Å². The lowest BCUT2D eigenvalue weighted by atomic mass is 10.0. The third-order valence-corrected chi connectivity index (χ3v) is 4.82. The highest BCUT2D eigenvalue weighted by atomic mass is 79.9. The fourth-order valence-electron chi connectivity index (χ4n) is 2.62. The minimum Gasteiger partial charge on any atom is -0.496 e. The van der Waals surface area contributed by atoms with Crippen molar-refractivity contribution in [3.8, 4) is 11.5 Å². The fourth-order valence-corrected chi connectivity index (χ4v) is 3.21. The van der Waals surface area contributed by atoms with E-state index >= 15 is 0 Å². The fraction of sp³-hybridized carbons (Fsp3) is 0.333. The van der Waals surface area contributed by atoms with Crippen LogP contribution in [0.5, 0.6) is 11.5 Å². The molecule has 0 aliphatic heterocycles. The number of hydrogen-bond acceptors (Lipinski definition) is 5. The van der Waals surface area contributed by atoms with E-state index in [1.807, 2.05) is 32.0 Å². The third-order valence-electron chi connectivity index (χ3n) is 4.01. The Morgan fingerprint density at radius 3 is 2.52 bits per heavy atom. The van der Waals surface area contributed by atoms with Gasteiger partial charge in [0.25, 0.3) is 5.91 Å². The molecule has 0 aliphatic rings. The molecule has 0 atom stereocenters. The minimum atomic E-state index is -0.552. The van der Waals surface area contributed by atoms with E-state index in [1.165, 1.54) is 19.2 Å². The molecule has 1 amide bonds. The molecule has 0 bridgehead atoms. The van der Waals surface area contributed by atoms with Gasteiger partial charge in [-0.2, -0.15) is 0 Å². The zero-order valence-corrected chi connectivity index (χ0v) is 19.0. The first-order valence-electron chi connectivity index (χ1n) is 9.03. The van der Waals surface area contributed by atoms with Crippen molar-refractivity contribution in [1.82, 2.24) is 0 Å². The summed E-state index contributed by atoms with van der Waals surface area (Å²) in [5.74, 6) is 0.179. The molecular formula is C21H23BrClNO5. The summed E-state index contributed by atoms with van der Waals surface area (Å²) in [6, 6.07) is 8.52. The number of benzene rings is 2. The van der Waals surface area contributed by atoms with Gasteiger partial charge in [0.05, 0.1) is 24.4 Å². The molecule has 2 aromatic carbocycles. The first-order valence-corrected chi connectivity index (χ1v) is 10.2. The van der Waals surface area contributed by atoms with E-state index in [2.05, 4.69) is 21.2 Å². The summed E-state index contributed by atoms with van der Waals surface area (Å²) in [4.78, 5) is 24.4. The number of carbonyl (C=O) groups excluding carboxylic acids is 2. The van der Waals surface area contributed by atoms with E-state index in [0.29, 0.717) is 11.4 Å². The summed E-state index contributed by atoms with van der Waals surface area (Å²) in [5, 5.41) is 2.86. The molecule has 1 N–H and O–H groups in total. The first-order chi connectivity index (χ1) is 13.8. The summed E-state index contributed by atoms with van der Waals surface area (Å²) in [6.45, 7) is 5.83. The van der Waals surface area contributed by atoms with Gasteiger partial charge in [-0.15, -0.1) is 0 Å². The summed E-state index contributed by atoms with van der Waals surface area (Å²) in [6.07, 6.45) is 0. The smallest absolute Gasteiger partial charge is 0.341 e. The van der Waals surface area contributed by atoms with Crippen LogP contribution in [0, 0.1) is 0 Å². The molecule has 0 radical (unpaired) electrons. The molecular weight excluding hydrogens is 462 g/mol. The minimum absolute atomic E-state index is 0.185. The van der Waals surface area contributed by atoms with Gasteiger partial charge in [0.2, 0.25) is 0 Å². The molecule has 29 heavy (non-hydrogen) atoms. The number of halogens is 2. The van der Waals surface area contributed by atoms with Crippen LogP contribution in [0.1, 0.15) is 42.6 Å². The monoisotopic (exact) mass is 483 g/mol. The second-order valence-electron chi connectivity index (χ2n) is 6.43. The molecule has 2 rings (SSSR count). The number of nitrogens with one attached hydrogen (secondary N) is 1. The number of amides is 1. The summed E-state index contributed by atoms with van der Waals surface area (Å²) in [7, 11) is 1.42. The molecule has 0 unspecified atom stereocenters. The predicted octanol–water partition coefficient (Wildman–Crippen LogP) is 5.43. The SMILES string of the molecule is CCOC(=O)c1cc(Cl)c(NC(=O)COc2ccc(Br)cc2C(C)C)cc1OC. The third kappa shape index (κ3) is 6.11. The predicted molar refractivity (Wildman–Crippen MR) is 116 cm³/mol. The lowest BCUT2D eigenvalue weighted by Crippen LogP contribution is -2.21. The van der Waals surface area contributed by atoms with Crippen LogP contribution in [-0.2, 0) is 9.53 Å². The van der Waals surface area contributed by atoms with Crippen LogP contribution >= 0.6 is 27.5 Å². The van der Waals surface area contributed by atoms with Gasteiger partial charge in [-0.1, -0.05) is 41.4 Å². The topological polar surface area (TPSA) is 73.9 Å². The van der Waals surface area contributed by atoms with Gasteiger partial charge in [0.15, 0.2) is 6.61 Å². The van der Waals surface area contributed by atoms with Crippen molar-refractivity contribution >= 4 is 45.1 Å². The van der Waals surface area contributed by atoms with E-state index in [-0.39, 0.29) is 35.5 Å². The number of ether oxygens (including phenoxy) is 3. The largest absolute Gasteiger partial charge is 0.496 e. The van der Waals surface area contributed by atoms with Crippen molar-refractivity contribution in [2.24, 2.45) is 0 Å². The average molecular weight is 485 g/mol. The number of rotatable bonds is 8. The molecule has 6 nitrogen and oxygen atoms in total. The Bertz CT molecular complexity index is 901. The van der Waals surface area contributed by atoms with E-state index in [9.17, 15) is 9.59 Å². The quantitative estimate of drug-likeness (QED) is 0.506. The van der Waals surface area contributed by atoms with Crippen molar-refractivity contribution in [2.75, 3.05) is 25.6 Å². The zero-order chi connectivity index (χ0) is 21.6. The number of carbonyl (C=O) groups is 2. The van der Waals surface area contributed by atoms with Gasteiger partial charge in [0, 0.05) is 10.5 Å². The van der Waals surface area contributed by atoms with E-state index < -0.39 is 11.9 Å². The summed E-state index contributed by atoms with van der Waals surface area (Å²) >= 11 is 9.67. The van der Waals surface area contributed by atoms with Gasteiger partial charge in [-0.05, 0) is 42.7 Å². The lowest BCUT2D eigenvalue weighted by molar-refractivity contribution is -0.118. The maximum atomic E-state index is 12.4. The van der Waals surface area contributed by atoms with Crippen LogP contribution < -0.4 is 14.8 Å². The van der Waals surface area contributed by atoms with E-state index in [1.54, 1.807) is 6.92 Å². The Balaban J connectivity index is 2.12. The van der Waals surface area contributed by atoms with Gasteiger partial charge in [-0.25, -0.2) is 4.79 Å². The van der Waals surface area contributed by atoms with Crippen molar-refractivity contribution < 1.29 is 23.8 Å². The normalized spacial score (nSPS) is 10.6. The average Bonchev–Trinajstić information content (AvgIpc) is 2.68. The van der Waals surface area contributed by atoms with Crippen molar-refractivity contribution in [3.63, 3.8) is 0 Å². The zero-order valence-electron chi connectivity index (χ0n) is 16.7. The van der Waals surface area contributed by atoms with Crippen LogP contribution in [0.2, 0.25) is 5.02 Å². The van der Waals surface area contributed by atoms with Gasteiger partial charge < -0.3 is 19.5 Å². The molecule has 0 saturated carbocycles. The Morgan fingerprint density at radius 2 is 1.90 bits per heavy atom. The van der Waals surface area contributed by atoms with E-state index in [0.717, 1.165) is 10.0 Å². The van der Waals surface area contributed by atoms with Gasteiger partial charge in [-0.3, -0.25) is 4.79 Å². The Kier molecular flexibility index (Phi) is 8.34. The van der Waals surface area contributed by atoms with Crippen LogP contribution in [0.4, 0.5) is 5.69 Å². The Labute approximate surface area is 183 Å². The molecule has 2 aromatic rings. The van der Waals surface area contributed by atoms with Crippen molar-refractivity contribution in [2.45, 2.75) is 26.7 Å². The molecule has 0 aromatic heterocycles. The van der Waals surface area contributed by atoms with Crippen LogP contribution in [0.25, 0.3) is 0 Å². The van der Waals surface area contributed by atoms with Crippen molar-refractivity contribution in [3.05, 3.63) is 51.0 Å². The van der Waals surface area contributed by atoms with Gasteiger partial charge >= 0.3 is 5.97 Å². The highest BCUT2D eigenvalue weighted by molar-refractivity contribution is 9.10. The maximum Gasteiger partial charge on any atom is 0.341 e. The number of hydrogen-bond donors (Lipinski definition) is 1. The molecule has 0 saturated heterocycles. The number of methoxy groups -OCH3 is 1. The molecule has 0 aliphatic carbocycles. The van der Waals surface area contributed by atoms with E-state index in [4.69, 9.17) is 25.8 Å². The summed E-state index contributed by atoms with van der Waals surface area (Å²) < 4.78 is 16.9. The molecule has 0 spiro atoms. The highest BCUT2D eigenvalue weighted by Crippen LogP contribution is 2.32.